The number of non-ortho nitro benzene ring substituents is 1. The van der Waals surface area contributed by atoms with Crippen molar-refractivity contribution in [1.29, 1.82) is 0 Å². The molecule has 9 heteroatoms. The molecule has 24 heavy (non-hydrogen) atoms. The van der Waals surface area contributed by atoms with Crippen molar-refractivity contribution in [1.82, 2.24) is 5.43 Å². The van der Waals surface area contributed by atoms with Crippen molar-refractivity contribution in [2.24, 2.45) is 5.10 Å². The third-order valence-corrected chi connectivity index (χ3v) is 3.16. The lowest BCUT2D eigenvalue weighted by atomic mass is 10.2. The number of aromatic hydroxyl groups is 1. The van der Waals surface area contributed by atoms with Crippen LogP contribution in [-0.2, 0) is 4.79 Å². The molecule has 0 bridgehead atoms. The highest BCUT2D eigenvalue weighted by atomic mass is 35.5. The summed E-state index contributed by atoms with van der Waals surface area (Å²) in [5.41, 5.74) is 2.90. The number of anilines is 1. The number of nitrogens with one attached hydrogen (secondary N) is 2. The summed E-state index contributed by atoms with van der Waals surface area (Å²) in [6.07, 6.45) is 1.13. The van der Waals surface area contributed by atoms with Crippen LogP contribution < -0.4 is 10.7 Å². The number of carbonyl (C=O) groups is 1. The zero-order valence-corrected chi connectivity index (χ0v) is 13.0. The van der Waals surface area contributed by atoms with Gasteiger partial charge in [-0.15, -0.1) is 0 Å². The molecule has 124 valence electrons. The summed E-state index contributed by atoms with van der Waals surface area (Å²) in [4.78, 5) is 21.7. The third kappa shape index (κ3) is 4.96. The van der Waals surface area contributed by atoms with E-state index in [1.807, 2.05) is 0 Å². The Balaban J connectivity index is 1.89. The van der Waals surface area contributed by atoms with Gasteiger partial charge in [0.1, 0.15) is 5.75 Å². The number of phenols is 1. The summed E-state index contributed by atoms with van der Waals surface area (Å²) < 4.78 is 0. The molecule has 0 saturated heterocycles. The summed E-state index contributed by atoms with van der Waals surface area (Å²) in [5, 5.41) is 27.4. The van der Waals surface area contributed by atoms with Crippen LogP contribution in [0.4, 0.5) is 11.4 Å². The number of benzene rings is 2. The monoisotopic (exact) mass is 348 g/mol. The number of amides is 1. The summed E-state index contributed by atoms with van der Waals surface area (Å²) in [7, 11) is 0. The minimum absolute atomic E-state index is 0.0279. The number of nitro groups is 1. The molecule has 0 radical (unpaired) electrons. The first-order valence-corrected chi connectivity index (χ1v) is 7.12. The second-order valence-corrected chi connectivity index (χ2v) is 5.09. The number of nitro benzene ring substituents is 1. The highest BCUT2D eigenvalue weighted by molar-refractivity contribution is 6.30. The summed E-state index contributed by atoms with van der Waals surface area (Å²) >= 11 is 5.76. The number of carbonyl (C=O) groups excluding carboxylic acids is 1. The first kappa shape index (κ1) is 17.2. The van der Waals surface area contributed by atoms with E-state index in [1.165, 1.54) is 12.1 Å². The average Bonchev–Trinajstić information content (AvgIpc) is 2.56. The molecule has 3 N–H and O–H groups in total. The molecule has 8 nitrogen and oxygen atoms in total. The molecule has 0 aliphatic heterocycles. The Bertz CT molecular complexity index is 778. The second kappa shape index (κ2) is 7.93. The number of nitrogens with zero attached hydrogens (tertiary/aromatic N) is 2. The molecule has 0 aliphatic rings. The maximum atomic E-state index is 11.6. The second-order valence-electron chi connectivity index (χ2n) is 4.65. The lowest BCUT2D eigenvalue weighted by molar-refractivity contribution is -0.384. The largest absolute Gasteiger partial charge is 0.507 e. The van der Waals surface area contributed by atoms with Gasteiger partial charge in [-0.2, -0.15) is 5.10 Å². The smallest absolute Gasteiger partial charge is 0.270 e. The van der Waals surface area contributed by atoms with Crippen LogP contribution in [0.15, 0.2) is 47.6 Å². The van der Waals surface area contributed by atoms with Gasteiger partial charge in [0.2, 0.25) is 0 Å². The Morgan fingerprint density at radius 2 is 2.00 bits per heavy atom. The Morgan fingerprint density at radius 1 is 1.29 bits per heavy atom. The van der Waals surface area contributed by atoms with Gasteiger partial charge >= 0.3 is 0 Å². The molecule has 0 fully saturated rings. The Hall–Kier alpha value is -3.13. The normalized spacial score (nSPS) is 10.5. The predicted molar refractivity (Wildman–Crippen MR) is 90.4 cm³/mol. The van der Waals surface area contributed by atoms with E-state index in [4.69, 9.17) is 11.6 Å². The predicted octanol–water partition coefficient (Wildman–Crippen LogP) is 2.52. The van der Waals surface area contributed by atoms with Crippen LogP contribution in [0.1, 0.15) is 5.56 Å². The van der Waals surface area contributed by atoms with Crippen LogP contribution in [0.25, 0.3) is 0 Å². The maximum Gasteiger partial charge on any atom is 0.270 e. The molecule has 0 aliphatic carbocycles. The van der Waals surface area contributed by atoms with Crippen molar-refractivity contribution in [3.8, 4) is 5.75 Å². The molecule has 0 atom stereocenters. The number of halogens is 1. The minimum atomic E-state index is -0.592. The van der Waals surface area contributed by atoms with E-state index in [-0.39, 0.29) is 23.5 Å². The van der Waals surface area contributed by atoms with Gasteiger partial charge in [0.15, 0.2) is 0 Å². The van der Waals surface area contributed by atoms with E-state index in [0.717, 1.165) is 18.0 Å². The molecule has 0 heterocycles. The average molecular weight is 349 g/mol. The molecule has 0 spiro atoms. The topological polar surface area (TPSA) is 117 Å². The van der Waals surface area contributed by atoms with Gasteiger partial charge in [-0.3, -0.25) is 14.9 Å². The zero-order valence-electron chi connectivity index (χ0n) is 12.3. The van der Waals surface area contributed by atoms with Gasteiger partial charge < -0.3 is 10.4 Å². The van der Waals surface area contributed by atoms with E-state index >= 15 is 0 Å². The van der Waals surface area contributed by atoms with Gasteiger partial charge in [0.25, 0.3) is 11.6 Å². The van der Waals surface area contributed by atoms with Gasteiger partial charge in [-0.05, 0) is 30.3 Å². The number of phenolic OH excluding ortho intramolecular Hbond substituents is 1. The van der Waals surface area contributed by atoms with Gasteiger partial charge in [-0.25, -0.2) is 5.43 Å². The van der Waals surface area contributed by atoms with E-state index in [9.17, 15) is 20.0 Å². The number of hydrogen-bond donors (Lipinski definition) is 3. The van der Waals surface area contributed by atoms with Crippen LogP contribution in [0.5, 0.6) is 5.75 Å². The fourth-order valence-corrected chi connectivity index (χ4v) is 1.85. The van der Waals surface area contributed by atoms with Gasteiger partial charge in [0, 0.05) is 28.4 Å². The van der Waals surface area contributed by atoms with E-state index in [1.54, 1.807) is 24.3 Å². The quantitative estimate of drug-likeness (QED) is 0.421. The minimum Gasteiger partial charge on any atom is -0.507 e. The molecule has 2 aromatic rings. The van der Waals surface area contributed by atoms with Crippen LogP contribution >= 0.6 is 11.6 Å². The van der Waals surface area contributed by atoms with Gasteiger partial charge in [0.05, 0.1) is 17.7 Å². The molecule has 0 aromatic heterocycles. The molecule has 2 rings (SSSR count). The third-order valence-electron chi connectivity index (χ3n) is 2.91. The Morgan fingerprint density at radius 3 is 2.67 bits per heavy atom. The van der Waals surface area contributed by atoms with Crippen molar-refractivity contribution in [2.75, 3.05) is 11.9 Å². The van der Waals surface area contributed by atoms with Crippen molar-refractivity contribution < 1.29 is 14.8 Å². The van der Waals surface area contributed by atoms with E-state index in [0.29, 0.717) is 5.02 Å². The maximum absolute atomic E-state index is 11.6. The van der Waals surface area contributed by atoms with E-state index < -0.39 is 10.8 Å². The van der Waals surface area contributed by atoms with Crippen LogP contribution in [0.3, 0.4) is 0 Å². The first-order chi connectivity index (χ1) is 11.5. The van der Waals surface area contributed by atoms with Crippen molar-refractivity contribution >= 4 is 35.1 Å². The molecule has 0 saturated carbocycles. The highest BCUT2D eigenvalue weighted by Gasteiger charge is 2.08. The van der Waals surface area contributed by atoms with Crippen molar-refractivity contribution in [3.63, 3.8) is 0 Å². The van der Waals surface area contributed by atoms with Crippen LogP contribution in [0.2, 0.25) is 5.02 Å². The standard InChI is InChI=1S/C15H13ClN4O4/c16-11-1-3-12(4-2-11)17-9-15(22)19-18-8-10-7-13(20(23)24)5-6-14(10)21/h1-8,17,21H,9H2,(H,19,22)/b18-8+. The summed E-state index contributed by atoms with van der Waals surface area (Å²) in [5.74, 6) is -0.607. The SMILES string of the molecule is O=C(CNc1ccc(Cl)cc1)N/N=C/c1cc([N+](=O)[O-])ccc1O. The first-order valence-electron chi connectivity index (χ1n) is 6.74. The number of hydrazone groups is 1. The summed E-state index contributed by atoms with van der Waals surface area (Å²) in [6.45, 7) is -0.0279. The molecule has 0 unspecified atom stereocenters. The van der Waals surface area contributed by atoms with E-state index in [2.05, 4.69) is 15.8 Å². The lowest BCUT2D eigenvalue weighted by Gasteiger charge is -2.05. The Kier molecular flexibility index (Phi) is 5.69. The lowest BCUT2D eigenvalue weighted by Crippen LogP contribution is -2.25. The fourth-order valence-electron chi connectivity index (χ4n) is 1.72. The number of rotatable bonds is 6. The van der Waals surface area contributed by atoms with Crippen molar-refractivity contribution in [3.05, 3.63) is 63.2 Å². The highest BCUT2D eigenvalue weighted by Crippen LogP contribution is 2.21. The van der Waals surface area contributed by atoms with Crippen molar-refractivity contribution in [2.45, 2.75) is 0 Å². The fraction of sp³-hybridized carbons (Fsp3) is 0.0667. The van der Waals surface area contributed by atoms with Crippen LogP contribution in [-0.4, -0.2) is 28.7 Å². The van der Waals surface area contributed by atoms with Gasteiger partial charge in [-0.1, -0.05) is 11.6 Å². The molecular weight excluding hydrogens is 336 g/mol. The number of hydrogen-bond acceptors (Lipinski definition) is 6. The molecule has 2 aromatic carbocycles. The van der Waals surface area contributed by atoms with Crippen LogP contribution in [0, 0.1) is 10.1 Å². The molecular formula is C15H13ClN4O4. The Labute approximate surface area is 141 Å². The molecule has 1 amide bonds. The zero-order chi connectivity index (χ0) is 17.5. The summed E-state index contributed by atoms with van der Waals surface area (Å²) in [6, 6.07) is 10.3.